The molecule has 1 fully saturated rings. The van der Waals surface area contributed by atoms with Gasteiger partial charge in [-0.1, -0.05) is 6.07 Å². The summed E-state index contributed by atoms with van der Waals surface area (Å²) in [5, 5.41) is 16.5. The number of rotatable bonds is 7. The minimum atomic E-state index is -0.0944. The Kier molecular flexibility index (Phi) is 6.63. The van der Waals surface area contributed by atoms with Gasteiger partial charge in [-0.15, -0.1) is 0 Å². The first-order valence-electron chi connectivity index (χ1n) is 12.6. The maximum absolute atomic E-state index is 12.2. The smallest absolute Gasteiger partial charge is 0.251 e. The quantitative estimate of drug-likeness (QED) is 0.398. The molecule has 0 aliphatic heterocycles. The van der Waals surface area contributed by atoms with E-state index in [4.69, 9.17) is 9.84 Å². The van der Waals surface area contributed by atoms with Crippen LogP contribution in [0.15, 0.2) is 42.9 Å². The molecule has 2 N–H and O–H groups in total. The van der Waals surface area contributed by atoms with Gasteiger partial charge in [0.25, 0.3) is 5.91 Å². The van der Waals surface area contributed by atoms with Crippen molar-refractivity contribution < 1.29 is 9.53 Å². The molecule has 0 bridgehead atoms. The van der Waals surface area contributed by atoms with Crippen molar-refractivity contribution in [1.82, 2.24) is 29.9 Å². The molecule has 188 valence electrons. The minimum Gasteiger partial charge on any atom is -0.490 e. The zero-order valence-corrected chi connectivity index (χ0v) is 21.3. The summed E-state index contributed by atoms with van der Waals surface area (Å²) in [7, 11) is 3.56. The van der Waals surface area contributed by atoms with Crippen molar-refractivity contribution in [3.63, 3.8) is 0 Å². The van der Waals surface area contributed by atoms with E-state index in [0.29, 0.717) is 5.56 Å². The number of carbonyl (C=O) groups is 1. The lowest BCUT2D eigenvalue weighted by atomic mass is 9.92. The lowest BCUT2D eigenvalue weighted by Gasteiger charge is -2.30. The number of fused-ring (bicyclic) bond motifs is 1. The molecule has 1 aliphatic rings. The van der Waals surface area contributed by atoms with Crippen molar-refractivity contribution in [2.24, 2.45) is 7.05 Å². The van der Waals surface area contributed by atoms with E-state index in [1.807, 2.05) is 50.8 Å². The summed E-state index contributed by atoms with van der Waals surface area (Å²) in [6.45, 7) is 4.82. The Morgan fingerprint density at radius 1 is 1.19 bits per heavy atom. The van der Waals surface area contributed by atoms with E-state index in [9.17, 15) is 4.79 Å². The predicted octanol–water partition coefficient (Wildman–Crippen LogP) is 4.49. The predicted molar refractivity (Wildman–Crippen MR) is 140 cm³/mol. The van der Waals surface area contributed by atoms with E-state index in [2.05, 4.69) is 38.4 Å². The molecule has 1 saturated carbocycles. The number of benzene rings is 1. The highest BCUT2D eigenvalue weighted by Crippen LogP contribution is 2.37. The van der Waals surface area contributed by atoms with Crippen LogP contribution in [0.5, 0.6) is 5.75 Å². The molecule has 0 radical (unpaired) electrons. The highest BCUT2D eigenvalue weighted by atomic mass is 16.5. The van der Waals surface area contributed by atoms with E-state index in [-0.39, 0.29) is 18.1 Å². The van der Waals surface area contributed by atoms with Crippen LogP contribution in [0.4, 0.5) is 5.82 Å². The van der Waals surface area contributed by atoms with Gasteiger partial charge in [0.05, 0.1) is 23.9 Å². The molecule has 9 nitrogen and oxygen atoms in total. The summed E-state index contributed by atoms with van der Waals surface area (Å²) >= 11 is 0. The van der Waals surface area contributed by atoms with Crippen LogP contribution in [0.2, 0.25) is 0 Å². The number of hydrogen-bond acceptors (Lipinski definition) is 6. The summed E-state index contributed by atoms with van der Waals surface area (Å²) in [5.74, 6) is 1.54. The lowest BCUT2D eigenvalue weighted by molar-refractivity contribution is 0.0960. The second-order valence-electron chi connectivity index (χ2n) is 9.37. The molecule has 3 heterocycles. The molecular weight excluding hydrogens is 454 g/mol. The van der Waals surface area contributed by atoms with Crippen LogP contribution >= 0.6 is 0 Å². The third-order valence-electron chi connectivity index (χ3n) is 6.97. The van der Waals surface area contributed by atoms with E-state index in [1.54, 1.807) is 11.7 Å². The fourth-order valence-corrected chi connectivity index (χ4v) is 5.06. The monoisotopic (exact) mass is 487 g/mol. The van der Waals surface area contributed by atoms with E-state index in [0.717, 1.165) is 71.5 Å². The van der Waals surface area contributed by atoms with Gasteiger partial charge in [-0.05, 0) is 51.7 Å². The minimum absolute atomic E-state index is 0.0944. The molecule has 1 aromatic carbocycles. The van der Waals surface area contributed by atoms with Crippen molar-refractivity contribution >= 4 is 22.6 Å². The Morgan fingerprint density at radius 3 is 2.69 bits per heavy atom. The van der Waals surface area contributed by atoms with Crippen molar-refractivity contribution in [3.8, 4) is 17.0 Å². The second kappa shape index (κ2) is 10.0. The molecule has 9 heteroatoms. The number of aromatic nitrogens is 5. The fourth-order valence-electron chi connectivity index (χ4n) is 5.06. The highest BCUT2D eigenvalue weighted by Gasteiger charge is 2.27. The first kappa shape index (κ1) is 23.8. The van der Waals surface area contributed by atoms with Crippen LogP contribution in [0.3, 0.4) is 0 Å². The molecule has 0 unspecified atom stereocenters. The van der Waals surface area contributed by atoms with Crippen molar-refractivity contribution in [1.29, 1.82) is 0 Å². The first-order valence-corrected chi connectivity index (χ1v) is 12.6. The maximum atomic E-state index is 12.2. The highest BCUT2D eigenvalue weighted by molar-refractivity contribution is 5.96. The molecule has 0 spiro atoms. The molecule has 0 saturated heterocycles. The maximum Gasteiger partial charge on any atom is 0.251 e. The third kappa shape index (κ3) is 4.53. The van der Waals surface area contributed by atoms with Gasteiger partial charge in [0, 0.05) is 61.2 Å². The molecule has 36 heavy (non-hydrogen) atoms. The van der Waals surface area contributed by atoms with Gasteiger partial charge in [-0.2, -0.15) is 10.2 Å². The third-order valence-corrected chi connectivity index (χ3v) is 6.97. The molecule has 4 aromatic rings. The van der Waals surface area contributed by atoms with E-state index >= 15 is 0 Å². The summed E-state index contributed by atoms with van der Waals surface area (Å²) in [6.07, 6.45) is 9.62. The van der Waals surface area contributed by atoms with Gasteiger partial charge in [0.1, 0.15) is 17.3 Å². The standard InChI is InChI=1S/C27H33N7O2/c1-5-29-25-13-23-22(15-30-25)26(18-14-31-33(4)16-18)32-34(23)19-9-11-20(12-10-19)36-24-8-6-7-21(17(24)2)27(35)28-3/h6-8,13-16,19-20H,5,9-12H2,1-4H3,(H,28,35)(H,29,30)/t19-,20+. The molecule has 1 amide bonds. The zero-order valence-electron chi connectivity index (χ0n) is 21.3. The molecule has 3 aromatic heterocycles. The topological polar surface area (TPSA) is 98.9 Å². The lowest BCUT2D eigenvalue weighted by Crippen LogP contribution is -2.27. The van der Waals surface area contributed by atoms with Crippen LogP contribution in [0.1, 0.15) is 54.6 Å². The molecule has 0 atom stereocenters. The fraction of sp³-hybridized carbons (Fsp3) is 0.407. The number of nitrogens with one attached hydrogen (secondary N) is 2. The van der Waals surface area contributed by atoms with Gasteiger partial charge in [-0.25, -0.2) is 4.98 Å². The Labute approximate surface area is 210 Å². The van der Waals surface area contributed by atoms with Crippen LogP contribution in [-0.4, -0.2) is 50.1 Å². The molecular formula is C27H33N7O2. The number of aryl methyl sites for hydroxylation is 1. The Bertz CT molecular complexity index is 1380. The first-order chi connectivity index (χ1) is 17.5. The number of pyridine rings is 1. The van der Waals surface area contributed by atoms with Crippen LogP contribution in [-0.2, 0) is 7.05 Å². The second-order valence-corrected chi connectivity index (χ2v) is 9.37. The molecule has 5 rings (SSSR count). The average molecular weight is 488 g/mol. The summed E-state index contributed by atoms with van der Waals surface area (Å²) in [5.41, 5.74) is 4.51. The zero-order chi connectivity index (χ0) is 25.2. The SMILES string of the molecule is CCNc1cc2c(cn1)c(-c1cnn(C)c1)nn2[C@H]1CC[C@@H](Oc2cccc(C(=O)NC)c2C)CC1. The normalized spacial score (nSPS) is 17.8. The number of carbonyl (C=O) groups excluding carboxylic acids is 1. The van der Waals surface area contributed by atoms with Gasteiger partial charge in [0.15, 0.2) is 0 Å². The average Bonchev–Trinajstić information content (AvgIpc) is 3.49. The largest absolute Gasteiger partial charge is 0.490 e. The summed E-state index contributed by atoms with van der Waals surface area (Å²) in [6, 6.07) is 8.03. The Morgan fingerprint density at radius 2 is 2.00 bits per heavy atom. The van der Waals surface area contributed by atoms with E-state index in [1.165, 1.54) is 0 Å². The van der Waals surface area contributed by atoms with Crippen molar-refractivity contribution in [2.45, 2.75) is 51.7 Å². The van der Waals surface area contributed by atoms with Gasteiger partial charge < -0.3 is 15.4 Å². The van der Waals surface area contributed by atoms with E-state index < -0.39 is 0 Å². The van der Waals surface area contributed by atoms with Crippen LogP contribution in [0.25, 0.3) is 22.2 Å². The van der Waals surface area contributed by atoms with Crippen molar-refractivity contribution in [2.75, 3.05) is 18.9 Å². The number of ether oxygens (including phenoxy) is 1. The Balaban J connectivity index is 1.38. The molecule has 1 aliphatic carbocycles. The summed E-state index contributed by atoms with van der Waals surface area (Å²) in [4.78, 5) is 16.8. The van der Waals surface area contributed by atoms with Gasteiger partial charge >= 0.3 is 0 Å². The van der Waals surface area contributed by atoms with Gasteiger partial charge in [0.2, 0.25) is 0 Å². The Hall–Kier alpha value is -3.88. The van der Waals surface area contributed by atoms with Crippen molar-refractivity contribution in [3.05, 3.63) is 54.0 Å². The summed E-state index contributed by atoms with van der Waals surface area (Å²) < 4.78 is 10.4. The van der Waals surface area contributed by atoms with Crippen LogP contribution in [0, 0.1) is 6.92 Å². The number of hydrogen-bond donors (Lipinski definition) is 2. The number of nitrogens with zero attached hydrogens (tertiary/aromatic N) is 5. The van der Waals surface area contributed by atoms with Gasteiger partial charge in [-0.3, -0.25) is 14.2 Å². The number of amides is 1. The van der Waals surface area contributed by atoms with Crippen LogP contribution < -0.4 is 15.4 Å². The number of anilines is 1.